The molecule has 0 spiro atoms. The standard InChI is InChI=1S/C19H19NO3S/c1-2-3-10-23-19(22)17-16(21)12-24-18(17)20-15-9-8-13-6-4-5-7-14(13)11-15/h4-9,11,20H,2-3,10,12H2,1H3. The lowest BCUT2D eigenvalue weighted by molar-refractivity contribution is -0.140. The van der Waals surface area contributed by atoms with Crippen LogP contribution in [0.2, 0.25) is 0 Å². The predicted octanol–water partition coefficient (Wildman–Crippen LogP) is 4.12. The average Bonchev–Trinajstić information content (AvgIpc) is 2.95. The number of ether oxygens (including phenoxy) is 1. The number of unbranched alkanes of at least 4 members (excludes halogenated alkanes) is 1. The second-order valence-corrected chi connectivity index (χ2v) is 6.58. The van der Waals surface area contributed by atoms with Crippen molar-refractivity contribution in [3.05, 3.63) is 53.1 Å². The third kappa shape index (κ3) is 3.62. The van der Waals surface area contributed by atoms with E-state index in [0.29, 0.717) is 11.6 Å². The number of esters is 1. The summed E-state index contributed by atoms with van der Waals surface area (Å²) in [5.41, 5.74) is 0.994. The van der Waals surface area contributed by atoms with Crippen LogP contribution in [0.1, 0.15) is 19.8 Å². The summed E-state index contributed by atoms with van der Waals surface area (Å²) in [6.45, 7) is 2.37. The average molecular weight is 341 g/mol. The van der Waals surface area contributed by atoms with Crippen molar-refractivity contribution in [3.63, 3.8) is 0 Å². The lowest BCUT2D eigenvalue weighted by atomic mass is 10.1. The topological polar surface area (TPSA) is 55.4 Å². The van der Waals surface area contributed by atoms with Gasteiger partial charge in [-0.25, -0.2) is 4.79 Å². The summed E-state index contributed by atoms with van der Waals surface area (Å²) < 4.78 is 5.20. The molecule has 1 heterocycles. The number of benzene rings is 2. The molecule has 0 fully saturated rings. The fourth-order valence-electron chi connectivity index (χ4n) is 2.49. The van der Waals surface area contributed by atoms with E-state index in [4.69, 9.17) is 4.74 Å². The van der Waals surface area contributed by atoms with Gasteiger partial charge >= 0.3 is 5.97 Å². The van der Waals surface area contributed by atoms with Gasteiger partial charge in [-0.05, 0) is 29.3 Å². The Morgan fingerprint density at radius 1 is 1.21 bits per heavy atom. The summed E-state index contributed by atoms with van der Waals surface area (Å²) in [7, 11) is 0. The highest BCUT2D eigenvalue weighted by Crippen LogP contribution is 2.31. The van der Waals surface area contributed by atoms with Crippen LogP contribution in [0, 0.1) is 0 Å². The second kappa shape index (κ2) is 7.53. The Labute approximate surface area is 145 Å². The van der Waals surface area contributed by atoms with Crippen molar-refractivity contribution in [1.82, 2.24) is 0 Å². The third-order valence-electron chi connectivity index (χ3n) is 3.80. The molecule has 0 bridgehead atoms. The molecular formula is C19H19NO3S. The van der Waals surface area contributed by atoms with Crippen molar-refractivity contribution in [3.8, 4) is 0 Å². The molecule has 0 amide bonds. The molecule has 1 aliphatic rings. The molecule has 4 nitrogen and oxygen atoms in total. The molecule has 1 N–H and O–H groups in total. The Morgan fingerprint density at radius 3 is 2.79 bits per heavy atom. The Kier molecular flexibility index (Phi) is 5.20. The fourth-order valence-corrected chi connectivity index (χ4v) is 3.44. The number of fused-ring (bicyclic) bond motifs is 1. The molecule has 3 rings (SSSR count). The number of anilines is 1. The van der Waals surface area contributed by atoms with Gasteiger partial charge in [0.2, 0.25) is 0 Å². The van der Waals surface area contributed by atoms with Gasteiger partial charge < -0.3 is 10.1 Å². The smallest absolute Gasteiger partial charge is 0.344 e. The van der Waals surface area contributed by atoms with Crippen molar-refractivity contribution >= 4 is 40.0 Å². The quantitative estimate of drug-likeness (QED) is 0.486. The molecule has 2 aromatic rings. The maximum Gasteiger partial charge on any atom is 0.344 e. The van der Waals surface area contributed by atoms with E-state index in [1.807, 2.05) is 49.4 Å². The normalized spacial score (nSPS) is 14.3. The first-order valence-corrected chi connectivity index (χ1v) is 9.01. The summed E-state index contributed by atoms with van der Waals surface area (Å²) in [6, 6.07) is 14.0. The monoisotopic (exact) mass is 341 g/mol. The summed E-state index contributed by atoms with van der Waals surface area (Å²) >= 11 is 1.34. The highest BCUT2D eigenvalue weighted by molar-refractivity contribution is 8.04. The number of hydrogen-bond donors (Lipinski definition) is 1. The zero-order valence-electron chi connectivity index (χ0n) is 13.5. The highest BCUT2D eigenvalue weighted by Gasteiger charge is 2.31. The van der Waals surface area contributed by atoms with E-state index in [1.54, 1.807) is 0 Å². The minimum Gasteiger partial charge on any atom is -0.462 e. The molecule has 124 valence electrons. The van der Waals surface area contributed by atoms with Gasteiger partial charge in [0.05, 0.1) is 17.4 Å². The number of carbonyl (C=O) groups is 2. The predicted molar refractivity (Wildman–Crippen MR) is 97.9 cm³/mol. The molecule has 0 atom stereocenters. The van der Waals surface area contributed by atoms with Crippen molar-refractivity contribution in [1.29, 1.82) is 0 Å². The second-order valence-electron chi connectivity index (χ2n) is 5.59. The van der Waals surface area contributed by atoms with Crippen LogP contribution in [0.25, 0.3) is 10.8 Å². The first kappa shape index (κ1) is 16.6. The first-order chi connectivity index (χ1) is 11.7. The Balaban J connectivity index is 1.82. The zero-order valence-corrected chi connectivity index (χ0v) is 14.3. The van der Waals surface area contributed by atoms with E-state index < -0.39 is 5.97 Å². The SMILES string of the molecule is CCCCOC(=O)C1=C(Nc2ccc3ccccc3c2)SCC1=O. The molecule has 2 aromatic carbocycles. The van der Waals surface area contributed by atoms with Crippen LogP contribution in [0.5, 0.6) is 0 Å². The van der Waals surface area contributed by atoms with Crippen LogP contribution in [-0.4, -0.2) is 24.1 Å². The van der Waals surface area contributed by atoms with E-state index >= 15 is 0 Å². The van der Waals surface area contributed by atoms with Crippen LogP contribution in [0.3, 0.4) is 0 Å². The number of ketones is 1. The number of Topliss-reactive ketones (excluding diaryl/α,β-unsaturated/α-hetero) is 1. The summed E-state index contributed by atoms with van der Waals surface area (Å²) in [5.74, 6) is -0.430. The van der Waals surface area contributed by atoms with E-state index in [1.165, 1.54) is 11.8 Å². The van der Waals surface area contributed by atoms with Crippen LogP contribution in [0.15, 0.2) is 53.1 Å². The molecule has 0 aliphatic carbocycles. The number of nitrogens with one attached hydrogen (secondary N) is 1. The Morgan fingerprint density at radius 2 is 2.00 bits per heavy atom. The highest BCUT2D eigenvalue weighted by atomic mass is 32.2. The molecule has 1 aliphatic heterocycles. The maximum atomic E-state index is 12.2. The molecule has 5 heteroatoms. The number of rotatable bonds is 6. The molecular weight excluding hydrogens is 322 g/mol. The molecule has 0 saturated carbocycles. The number of thioether (sulfide) groups is 1. The largest absolute Gasteiger partial charge is 0.462 e. The van der Waals surface area contributed by atoms with Crippen LogP contribution in [-0.2, 0) is 14.3 Å². The Bertz CT molecular complexity index is 813. The van der Waals surface area contributed by atoms with Crippen molar-refractivity contribution < 1.29 is 14.3 Å². The number of carbonyl (C=O) groups excluding carboxylic acids is 2. The summed E-state index contributed by atoms with van der Waals surface area (Å²) in [4.78, 5) is 24.2. The minimum atomic E-state index is -0.526. The maximum absolute atomic E-state index is 12.2. The van der Waals surface area contributed by atoms with Gasteiger partial charge in [0.25, 0.3) is 0 Å². The molecule has 24 heavy (non-hydrogen) atoms. The van der Waals surface area contributed by atoms with Gasteiger partial charge in [-0.1, -0.05) is 55.4 Å². The summed E-state index contributed by atoms with van der Waals surface area (Å²) in [6.07, 6.45) is 1.74. The molecule has 0 saturated heterocycles. The first-order valence-electron chi connectivity index (χ1n) is 8.02. The molecule has 0 aromatic heterocycles. The Hall–Kier alpha value is -2.27. The van der Waals surface area contributed by atoms with E-state index in [9.17, 15) is 9.59 Å². The molecule has 0 radical (unpaired) electrons. The van der Waals surface area contributed by atoms with E-state index in [2.05, 4.69) is 5.32 Å². The van der Waals surface area contributed by atoms with Gasteiger partial charge in [0, 0.05) is 5.69 Å². The van der Waals surface area contributed by atoms with Gasteiger partial charge in [-0.3, -0.25) is 4.79 Å². The third-order valence-corrected chi connectivity index (χ3v) is 4.80. The fraction of sp³-hybridized carbons (Fsp3) is 0.263. The van der Waals surface area contributed by atoms with Gasteiger partial charge in [0.1, 0.15) is 5.57 Å². The number of hydrogen-bond acceptors (Lipinski definition) is 5. The van der Waals surface area contributed by atoms with Crippen molar-refractivity contribution in [2.45, 2.75) is 19.8 Å². The van der Waals surface area contributed by atoms with Crippen LogP contribution < -0.4 is 5.32 Å². The van der Waals surface area contributed by atoms with Crippen LogP contribution in [0.4, 0.5) is 5.69 Å². The van der Waals surface area contributed by atoms with Gasteiger partial charge in [-0.2, -0.15) is 0 Å². The van der Waals surface area contributed by atoms with Crippen LogP contribution >= 0.6 is 11.8 Å². The van der Waals surface area contributed by atoms with Gasteiger partial charge in [0.15, 0.2) is 5.78 Å². The van der Waals surface area contributed by atoms with E-state index in [-0.39, 0.29) is 17.1 Å². The summed E-state index contributed by atoms with van der Waals surface area (Å²) in [5, 5.41) is 6.03. The van der Waals surface area contributed by atoms with Crippen molar-refractivity contribution in [2.75, 3.05) is 17.7 Å². The lowest BCUT2D eigenvalue weighted by Gasteiger charge is -2.10. The van der Waals surface area contributed by atoms with Crippen molar-refractivity contribution in [2.24, 2.45) is 0 Å². The lowest BCUT2D eigenvalue weighted by Crippen LogP contribution is -2.17. The molecule has 0 unspecified atom stereocenters. The van der Waals surface area contributed by atoms with E-state index in [0.717, 1.165) is 29.3 Å². The zero-order chi connectivity index (χ0) is 16.9. The van der Waals surface area contributed by atoms with Gasteiger partial charge in [-0.15, -0.1) is 0 Å². The minimum absolute atomic E-state index is 0.143.